The number of anilines is 1. The number of carbonyl (C=O) groups excluding carboxylic acids is 1. The molecular weight excluding hydrogens is 232 g/mol. The first kappa shape index (κ1) is 12.3. The molecule has 2 aromatic rings. The molecule has 0 aliphatic carbocycles. The van der Waals surface area contributed by atoms with Crippen LogP contribution in [0.25, 0.3) is 10.9 Å². The Balaban J connectivity index is 2.63. The van der Waals surface area contributed by atoms with Crippen molar-refractivity contribution in [2.75, 3.05) is 19.5 Å². The quantitative estimate of drug-likeness (QED) is 0.645. The molecule has 0 unspecified atom stereocenters. The lowest BCUT2D eigenvalue weighted by molar-refractivity contribution is 0.0520. The summed E-state index contributed by atoms with van der Waals surface area (Å²) in [4.78, 5) is 14.7. The molecule has 0 saturated carbocycles. The normalized spacial score (nSPS) is 10.6. The Bertz CT molecular complexity index is 602. The molecule has 1 aromatic carbocycles. The van der Waals surface area contributed by atoms with Gasteiger partial charge < -0.3 is 20.2 Å². The Morgan fingerprint density at radius 2 is 2.17 bits per heavy atom. The van der Waals surface area contributed by atoms with E-state index < -0.39 is 5.97 Å². The molecule has 5 nitrogen and oxygen atoms in total. The van der Waals surface area contributed by atoms with Gasteiger partial charge in [-0.1, -0.05) is 0 Å². The highest BCUT2D eigenvalue weighted by Gasteiger charge is 2.16. The summed E-state index contributed by atoms with van der Waals surface area (Å²) in [5.74, 6) is 0.294. The molecule has 5 heteroatoms. The fourth-order valence-electron chi connectivity index (χ4n) is 2.02. The van der Waals surface area contributed by atoms with Gasteiger partial charge in [-0.15, -0.1) is 0 Å². The summed E-state index contributed by atoms with van der Waals surface area (Å²) in [7, 11) is 1.59. The number of hydrogen-bond donors (Lipinski definition) is 2. The van der Waals surface area contributed by atoms with Crippen LogP contribution in [-0.4, -0.2) is 24.7 Å². The Morgan fingerprint density at radius 1 is 1.44 bits per heavy atom. The minimum Gasteiger partial charge on any atom is -0.494 e. The van der Waals surface area contributed by atoms with Crippen molar-refractivity contribution in [2.24, 2.45) is 0 Å². The summed E-state index contributed by atoms with van der Waals surface area (Å²) < 4.78 is 10.3. The van der Waals surface area contributed by atoms with E-state index in [-0.39, 0.29) is 0 Å². The summed E-state index contributed by atoms with van der Waals surface area (Å²) >= 11 is 0. The average molecular weight is 248 g/mol. The molecule has 0 amide bonds. The van der Waals surface area contributed by atoms with Crippen LogP contribution < -0.4 is 10.5 Å². The van der Waals surface area contributed by atoms with Gasteiger partial charge >= 0.3 is 5.97 Å². The van der Waals surface area contributed by atoms with Gasteiger partial charge in [0.05, 0.1) is 19.2 Å². The number of esters is 1. The molecule has 0 atom stereocenters. The fourth-order valence-corrected chi connectivity index (χ4v) is 2.02. The van der Waals surface area contributed by atoms with Crippen molar-refractivity contribution in [1.82, 2.24) is 4.98 Å². The second-order valence-electron chi connectivity index (χ2n) is 4.01. The number of aromatic amines is 1. The van der Waals surface area contributed by atoms with Crippen LogP contribution >= 0.6 is 0 Å². The van der Waals surface area contributed by atoms with E-state index in [9.17, 15) is 4.79 Å². The molecule has 18 heavy (non-hydrogen) atoms. The highest BCUT2D eigenvalue weighted by atomic mass is 16.5. The molecule has 1 heterocycles. The number of nitrogens with one attached hydrogen (secondary N) is 1. The number of H-pyrrole nitrogens is 1. The first-order chi connectivity index (χ1) is 8.58. The summed E-state index contributed by atoms with van der Waals surface area (Å²) in [5, 5.41) is 0.764. The van der Waals surface area contributed by atoms with E-state index in [0.717, 1.165) is 16.5 Å². The van der Waals surface area contributed by atoms with Gasteiger partial charge in [0.25, 0.3) is 0 Å². The summed E-state index contributed by atoms with van der Waals surface area (Å²) in [6, 6.07) is 3.51. The summed E-state index contributed by atoms with van der Waals surface area (Å²) in [5.41, 5.74) is 8.56. The third kappa shape index (κ3) is 1.88. The largest absolute Gasteiger partial charge is 0.494 e. The van der Waals surface area contributed by atoms with Crippen LogP contribution in [0, 0.1) is 6.92 Å². The number of ether oxygens (including phenoxy) is 2. The molecular formula is C13H16N2O3. The second kappa shape index (κ2) is 4.60. The number of benzene rings is 1. The number of aryl methyl sites for hydroxylation is 1. The zero-order valence-corrected chi connectivity index (χ0v) is 10.7. The van der Waals surface area contributed by atoms with E-state index in [2.05, 4.69) is 4.98 Å². The van der Waals surface area contributed by atoms with Gasteiger partial charge in [0.2, 0.25) is 0 Å². The van der Waals surface area contributed by atoms with Crippen LogP contribution in [-0.2, 0) is 4.74 Å². The Labute approximate surface area is 105 Å². The lowest BCUT2D eigenvalue weighted by atomic mass is 10.1. The van der Waals surface area contributed by atoms with Crippen molar-refractivity contribution < 1.29 is 14.3 Å². The van der Waals surface area contributed by atoms with E-state index in [1.54, 1.807) is 20.1 Å². The lowest BCUT2D eigenvalue weighted by Gasteiger charge is -2.07. The maximum atomic E-state index is 11.7. The first-order valence-electron chi connectivity index (χ1n) is 5.71. The number of aromatic nitrogens is 1. The van der Waals surface area contributed by atoms with Crippen molar-refractivity contribution in [3.63, 3.8) is 0 Å². The minimum atomic E-state index is -0.396. The molecule has 0 saturated heterocycles. The predicted molar refractivity (Wildman–Crippen MR) is 70.0 cm³/mol. The van der Waals surface area contributed by atoms with Crippen LogP contribution in [0.2, 0.25) is 0 Å². The minimum absolute atomic E-state index is 0.333. The molecule has 96 valence electrons. The van der Waals surface area contributed by atoms with Gasteiger partial charge in [-0.25, -0.2) is 4.79 Å². The van der Waals surface area contributed by atoms with Crippen LogP contribution in [0.15, 0.2) is 12.1 Å². The number of fused-ring (bicyclic) bond motifs is 1. The van der Waals surface area contributed by atoms with Gasteiger partial charge in [-0.2, -0.15) is 0 Å². The number of nitrogen functional groups attached to an aromatic ring is 1. The highest BCUT2D eigenvalue weighted by molar-refractivity contribution is 6.02. The Hall–Kier alpha value is -2.17. The van der Waals surface area contributed by atoms with E-state index in [4.69, 9.17) is 15.2 Å². The zero-order valence-electron chi connectivity index (χ0n) is 10.7. The van der Waals surface area contributed by atoms with E-state index in [1.807, 2.05) is 13.0 Å². The predicted octanol–water partition coefficient (Wildman–Crippen LogP) is 2.24. The fraction of sp³-hybridized carbons (Fsp3) is 0.308. The smallest absolute Gasteiger partial charge is 0.354 e. The molecule has 0 bridgehead atoms. The van der Waals surface area contributed by atoms with Crippen LogP contribution in [0.4, 0.5) is 5.69 Å². The SMILES string of the molecule is CCOC(=O)c1cc2c(N)cc(C)c(OC)c2[nH]1. The Kier molecular flexibility index (Phi) is 3.14. The monoisotopic (exact) mass is 248 g/mol. The van der Waals surface area contributed by atoms with Crippen molar-refractivity contribution >= 4 is 22.6 Å². The van der Waals surface area contributed by atoms with Gasteiger partial charge in [0.15, 0.2) is 0 Å². The number of hydrogen-bond acceptors (Lipinski definition) is 4. The van der Waals surface area contributed by atoms with Crippen molar-refractivity contribution in [1.29, 1.82) is 0 Å². The molecule has 0 aliphatic heterocycles. The van der Waals surface area contributed by atoms with Crippen LogP contribution in [0.1, 0.15) is 23.0 Å². The average Bonchev–Trinajstić information content (AvgIpc) is 2.75. The topological polar surface area (TPSA) is 77.3 Å². The summed E-state index contributed by atoms with van der Waals surface area (Å²) in [6.45, 7) is 4.00. The van der Waals surface area contributed by atoms with Gasteiger partial charge in [-0.3, -0.25) is 0 Å². The van der Waals surface area contributed by atoms with Crippen molar-refractivity contribution in [2.45, 2.75) is 13.8 Å². The van der Waals surface area contributed by atoms with Crippen molar-refractivity contribution in [3.05, 3.63) is 23.4 Å². The first-order valence-corrected chi connectivity index (χ1v) is 5.71. The number of rotatable bonds is 3. The third-order valence-corrected chi connectivity index (χ3v) is 2.79. The second-order valence-corrected chi connectivity index (χ2v) is 4.01. The number of carbonyl (C=O) groups is 1. The number of nitrogens with two attached hydrogens (primary N) is 1. The van der Waals surface area contributed by atoms with E-state index >= 15 is 0 Å². The van der Waals surface area contributed by atoms with Gasteiger partial charge in [-0.05, 0) is 31.5 Å². The molecule has 0 spiro atoms. The van der Waals surface area contributed by atoms with E-state index in [0.29, 0.717) is 23.7 Å². The summed E-state index contributed by atoms with van der Waals surface area (Å²) in [6.07, 6.45) is 0. The Morgan fingerprint density at radius 3 is 2.78 bits per heavy atom. The molecule has 1 aromatic heterocycles. The molecule has 0 fully saturated rings. The molecule has 0 aliphatic rings. The van der Waals surface area contributed by atoms with Crippen LogP contribution in [0.5, 0.6) is 5.75 Å². The maximum absolute atomic E-state index is 11.7. The highest BCUT2D eigenvalue weighted by Crippen LogP contribution is 2.33. The molecule has 2 rings (SSSR count). The third-order valence-electron chi connectivity index (χ3n) is 2.79. The number of methoxy groups -OCH3 is 1. The molecule has 3 N–H and O–H groups in total. The van der Waals surface area contributed by atoms with Gasteiger partial charge in [0, 0.05) is 11.1 Å². The van der Waals surface area contributed by atoms with Crippen molar-refractivity contribution in [3.8, 4) is 5.75 Å². The molecule has 0 radical (unpaired) electrons. The zero-order chi connectivity index (χ0) is 13.3. The van der Waals surface area contributed by atoms with Gasteiger partial charge in [0.1, 0.15) is 11.4 Å². The van der Waals surface area contributed by atoms with E-state index in [1.165, 1.54) is 0 Å². The maximum Gasteiger partial charge on any atom is 0.354 e. The standard InChI is InChI=1S/C13H16N2O3/c1-4-18-13(16)10-6-8-9(14)5-7(2)12(17-3)11(8)15-10/h5-6,15H,4,14H2,1-3H3. The lowest BCUT2D eigenvalue weighted by Crippen LogP contribution is -2.04. The van der Waals surface area contributed by atoms with Crippen LogP contribution in [0.3, 0.4) is 0 Å².